The number of thioether (sulfide) groups is 1. The lowest BCUT2D eigenvalue weighted by atomic mass is 10.1. The average Bonchev–Trinajstić information content (AvgIpc) is 3.00. The predicted molar refractivity (Wildman–Crippen MR) is 99.3 cm³/mol. The predicted octanol–water partition coefficient (Wildman–Crippen LogP) is 3.67. The van der Waals surface area contributed by atoms with Gasteiger partial charge in [0.1, 0.15) is 0 Å². The molecule has 3 aromatic rings. The largest absolute Gasteiger partial charge is 0.305 e. The second-order valence-corrected chi connectivity index (χ2v) is 6.64. The van der Waals surface area contributed by atoms with Gasteiger partial charge in [-0.3, -0.25) is 14.9 Å². The molecule has 0 aliphatic carbocycles. The molecular weight excluding hydrogens is 352 g/mol. The molecule has 0 atom stereocenters. The van der Waals surface area contributed by atoms with E-state index in [4.69, 9.17) is 0 Å². The van der Waals surface area contributed by atoms with Crippen LogP contribution < -0.4 is 0 Å². The molecule has 3 rings (SSSR count). The van der Waals surface area contributed by atoms with Gasteiger partial charge in [0.25, 0.3) is 5.69 Å². The van der Waals surface area contributed by atoms with Gasteiger partial charge < -0.3 is 4.57 Å². The normalized spacial score (nSPS) is 10.7. The van der Waals surface area contributed by atoms with Gasteiger partial charge in [0.05, 0.1) is 10.7 Å². The molecule has 8 heteroatoms. The van der Waals surface area contributed by atoms with Crippen molar-refractivity contribution in [1.82, 2.24) is 14.8 Å². The van der Waals surface area contributed by atoms with Gasteiger partial charge in [0, 0.05) is 30.3 Å². The van der Waals surface area contributed by atoms with Gasteiger partial charge >= 0.3 is 0 Å². The maximum Gasteiger partial charge on any atom is 0.270 e. The summed E-state index contributed by atoms with van der Waals surface area (Å²) in [4.78, 5) is 22.7. The van der Waals surface area contributed by atoms with Crippen molar-refractivity contribution >= 4 is 23.2 Å². The number of benzene rings is 2. The highest BCUT2D eigenvalue weighted by atomic mass is 32.2. The summed E-state index contributed by atoms with van der Waals surface area (Å²) in [5.41, 5.74) is 2.29. The van der Waals surface area contributed by atoms with Gasteiger partial charge in [-0.05, 0) is 12.5 Å². The van der Waals surface area contributed by atoms with Crippen molar-refractivity contribution in [2.75, 3.05) is 5.75 Å². The lowest BCUT2D eigenvalue weighted by molar-refractivity contribution is -0.384. The van der Waals surface area contributed by atoms with Gasteiger partial charge in [-0.25, -0.2) is 0 Å². The van der Waals surface area contributed by atoms with Crippen LogP contribution in [-0.2, 0) is 7.05 Å². The first-order valence-electron chi connectivity index (χ1n) is 7.83. The molecule has 2 aromatic carbocycles. The summed E-state index contributed by atoms with van der Waals surface area (Å²) in [7, 11) is 1.85. The first-order chi connectivity index (χ1) is 12.5. The molecule has 0 aliphatic rings. The summed E-state index contributed by atoms with van der Waals surface area (Å²) in [5.74, 6) is 0.661. The molecule has 0 bridgehead atoms. The molecule has 7 nitrogen and oxygen atoms in total. The molecule has 1 aromatic heterocycles. The zero-order valence-corrected chi connectivity index (χ0v) is 15.1. The van der Waals surface area contributed by atoms with Gasteiger partial charge in [0.15, 0.2) is 16.8 Å². The monoisotopic (exact) mass is 368 g/mol. The number of carbonyl (C=O) groups is 1. The summed E-state index contributed by atoms with van der Waals surface area (Å²) in [6.07, 6.45) is 0. The van der Waals surface area contributed by atoms with Gasteiger partial charge in [0.2, 0.25) is 0 Å². The summed E-state index contributed by atoms with van der Waals surface area (Å²) >= 11 is 1.26. The fourth-order valence-corrected chi connectivity index (χ4v) is 3.31. The second kappa shape index (κ2) is 7.49. The number of rotatable bonds is 6. The van der Waals surface area contributed by atoms with Crippen LogP contribution in [0.4, 0.5) is 5.69 Å². The van der Waals surface area contributed by atoms with E-state index < -0.39 is 4.92 Å². The van der Waals surface area contributed by atoms with Gasteiger partial charge in [-0.1, -0.05) is 48.2 Å². The minimum absolute atomic E-state index is 0.0960. The molecule has 1 heterocycles. The SMILES string of the molecule is Cc1ccccc1-c1nnc(SCC(=O)c2cccc([N+](=O)[O-])c2)n1C. The number of hydrogen-bond acceptors (Lipinski definition) is 6. The molecule has 0 N–H and O–H groups in total. The number of nitrogens with zero attached hydrogens (tertiary/aromatic N) is 4. The molecule has 132 valence electrons. The summed E-state index contributed by atoms with van der Waals surface area (Å²) in [6, 6.07) is 13.6. The first kappa shape index (κ1) is 17.8. The standard InChI is InChI=1S/C18H16N4O3S/c1-12-6-3-4-9-15(12)17-19-20-18(21(17)2)26-11-16(23)13-7-5-8-14(10-13)22(24)25/h3-10H,11H2,1-2H3. The summed E-state index contributed by atoms with van der Waals surface area (Å²) in [6.45, 7) is 2.00. The first-order valence-corrected chi connectivity index (χ1v) is 8.82. The highest BCUT2D eigenvalue weighted by Gasteiger charge is 2.16. The van der Waals surface area contributed by atoms with Crippen LogP contribution in [-0.4, -0.2) is 31.2 Å². The van der Waals surface area contributed by atoms with Crippen LogP contribution in [0.3, 0.4) is 0 Å². The van der Waals surface area contributed by atoms with Crippen molar-refractivity contribution < 1.29 is 9.72 Å². The number of nitro benzene ring substituents is 1. The molecular formula is C18H16N4O3S. The van der Waals surface area contributed by atoms with Crippen LogP contribution in [0.15, 0.2) is 53.7 Å². The summed E-state index contributed by atoms with van der Waals surface area (Å²) < 4.78 is 1.84. The van der Waals surface area contributed by atoms with Crippen LogP contribution in [0.2, 0.25) is 0 Å². The number of hydrogen-bond donors (Lipinski definition) is 0. The molecule has 0 unspecified atom stereocenters. The van der Waals surface area contributed by atoms with Crippen LogP contribution in [0.25, 0.3) is 11.4 Å². The topological polar surface area (TPSA) is 90.9 Å². The van der Waals surface area contributed by atoms with E-state index in [1.54, 1.807) is 6.07 Å². The third-order valence-corrected chi connectivity index (χ3v) is 4.95. The number of carbonyl (C=O) groups excluding carboxylic acids is 1. The Morgan fingerprint density at radius 3 is 2.69 bits per heavy atom. The Morgan fingerprint density at radius 2 is 1.96 bits per heavy atom. The molecule has 0 radical (unpaired) electrons. The van der Waals surface area contributed by atoms with Crippen molar-refractivity contribution in [2.24, 2.45) is 7.05 Å². The molecule has 0 saturated carbocycles. The molecule has 0 fully saturated rings. The van der Waals surface area contributed by atoms with Crippen molar-refractivity contribution in [3.8, 4) is 11.4 Å². The van der Waals surface area contributed by atoms with E-state index in [1.807, 2.05) is 42.8 Å². The van der Waals surface area contributed by atoms with Crippen LogP contribution in [0.5, 0.6) is 0 Å². The number of aromatic nitrogens is 3. The Morgan fingerprint density at radius 1 is 1.19 bits per heavy atom. The van der Waals surface area contributed by atoms with E-state index in [0.717, 1.165) is 17.0 Å². The van der Waals surface area contributed by atoms with E-state index >= 15 is 0 Å². The Bertz CT molecular complexity index is 984. The van der Waals surface area contributed by atoms with Crippen LogP contribution >= 0.6 is 11.8 Å². The molecule has 26 heavy (non-hydrogen) atoms. The van der Waals surface area contributed by atoms with Crippen LogP contribution in [0, 0.1) is 17.0 Å². The van der Waals surface area contributed by atoms with Crippen molar-refractivity contribution in [3.05, 3.63) is 69.8 Å². The third kappa shape index (κ3) is 3.65. The lowest BCUT2D eigenvalue weighted by Crippen LogP contribution is -2.04. The minimum Gasteiger partial charge on any atom is -0.305 e. The molecule has 0 aliphatic heterocycles. The van der Waals surface area contributed by atoms with Crippen molar-refractivity contribution in [2.45, 2.75) is 12.1 Å². The minimum atomic E-state index is -0.513. The number of non-ortho nitro benzene ring substituents is 1. The fourth-order valence-electron chi connectivity index (χ4n) is 2.51. The Balaban J connectivity index is 1.75. The smallest absolute Gasteiger partial charge is 0.270 e. The Kier molecular flexibility index (Phi) is 5.13. The van der Waals surface area contributed by atoms with Crippen molar-refractivity contribution in [3.63, 3.8) is 0 Å². The quantitative estimate of drug-likeness (QED) is 0.285. The molecule has 0 spiro atoms. The zero-order chi connectivity index (χ0) is 18.7. The Labute approximate surface area is 154 Å². The van der Waals surface area contributed by atoms with Crippen molar-refractivity contribution in [1.29, 1.82) is 0 Å². The van der Waals surface area contributed by atoms with E-state index in [-0.39, 0.29) is 17.2 Å². The van der Waals surface area contributed by atoms with E-state index in [1.165, 1.54) is 30.0 Å². The lowest BCUT2D eigenvalue weighted by Gasteiger charge is -2.06. The third-order valence-electron chi connectivity index (χ3n) is 3.93. The highest BCUT2D eigenvalue weighted by Crippen LogP contribution is 2.25. The van der Waals surface area contributed by atoms with Gasteiger partial charge in [-0.15, -0.1) is 10.2 Å². The fraction of sp³-hybridized carbons (Fsp3) is 0.167. The van der Waals surface area contributed by atoms with E-state index in [9.17, 15) is 14.9 Å². The Hall–Kier alpha value is -3.00. The zero-order valence-electron chi connectivity index (χ0n) is 14.2. The number of ketones is 1. The van der Waals surface area contributed by atoms with E-state index in [0.29, 0.717) is 10.7 Å². The van der Waals surface area contributed by atoms with E-state index in [2.05, 4.69) is 10.2 Å². The highest BCUT2D eigenvalue weighted by molar-refractivity contribution is 7.99. The summed E-state index contributed by atoms with van der Waals surface area (Å²) in [5, 5.41) is 19.8. The maximum absolute atomic E-state index is 12.3. The van der Waals surface area contributed by atoms with Gasteiger partial charge in [-0.2, -0.15) is 0 Å². The molecule has 0 saturated heterocycles. The number of Topliss-reactive ketones (excluding diaryl/α,β-unsaturated/α-hetero) is 1. The second-order valence-electron chi connectivity index (χ2n) is 5.70. The molecule has 0 amide bonds. The number of aryl methyl sites for hydroxylation is 1. The van der Waals surface area contributed by atoms with Crippen LogP contribution in [0.1, 0.15) is 15.9 Å². The maximum atomic E-state index is 12.3. The average molecular weight is 368 g/mol. The number of nitro groups is 1.